The fraction of sp³-hybridized carbons (Fsp3) is 0.118. The summed E-state index contributed by atoms with van der Waals surface area (Å²) in [5, 5.41) is 11.6. The van der Waals surface area contributed by atoms with Crippen molar-refractivity contribution in [1.82, 2.24) is 19.5 Å². The molecule has 8 nitrogen and oxygen atoms in total. The van der Waals surface area contributed by atoms with Gasteiger partial charge < -0.3 is 9.55 Å². The largest absolute Gasteiger partial charge is 0.332 e. The Morgan fingerprint density at radius 2 is 2.19 bits per heavy atom. The minimum Gasteiger partial charge on any atom is -0.332 e. The molecule has 1 N–H and O–H groups in total. The van der Waals surface area contributed by atoms with Gasteiger partial charge in [0.25, 0.3) is 5.56 Å². The van der Waals surface area contributed by atoms with Crippen LogP contribution < -0.4 is 5.56 Å². The molecule has 0 aliphatic heterocycles. The summed E-state index contributed by atoms with van der Waals surface area (Å²) in [6, 6.07) is 5.50. The lowest BCUT2D eigenvalue weighted by molar-refractivity contribution is -0.387. The highest BCUT2D eigenvalue weighted by molar-refractivity contribution is 5.94. The lowest BCUT2D eigenvalue weighted by atomic mass is 10.1. The van der Waals surface area contributed by atoms with Crippen molar-refractivity contribution in [2.75, 3.05) is 0 Å². The molecule has 3 heterocycles. The predicted octanol–water partition coefficient (Wildman–Crippen LogP) is 3.01. The number of aromatic nitrogens is 4. The van der Waals surface area contributed by atoms with Gasteiger partial charge in [-0.3, -0.25) is 14.9 Å². The Balaban J connectivity index is 2.01. The number of halogens is 1. The minimum atomic E-state index is -1.01. The molecule has 0 saturated carbocycles. The van der Waals surface area contributed by atoms with Crippen molar-refractivity contribution in [3.05, 3.63) is 62.9 Å². The Morgan fingerprint density at radius 3 is 2.92 bits per heavy atom. The molecule has 0 bridgehead atoms. The molecule has 3 aromatic heterocycles. The maximum absolute atomic E-state index is 13.9. The van der Waals surface area contributed by atoms with E-state index in [0.717, 1.165) is 17.5 Å². The summed E-state index contributed by atoms with van der Waals surface area (Å²) in [5.74, 6) is -1.01. The third-order valence-corrected chi connectivity index (χ3v) is 4.19. The predicted molar refractivity (Wildman–Crippen MR) is 93.4 cm³/mol. The number of benzene rings is 1. The molecule has 26 heavy (non-hydrogen) atoms. The van der Waals surface area contributed by atoms with Gasteiger partial charge in [-0.25, -0.2) is 9.97 Å². The lowest BCUT2D eigenvalue weighted by Gasteiger charge is -2.03. The number of nitro groups is 1. The zero-order valence-corrected chi connectivity index (χ0v) is 13.6. The van der Waals surface area contributed by atoms with Crippen molar-refractivity contribution < 1.29 is 9.31 Å². The Kier molecular flexibility index (Phi) is 3.50. The number of nitrogens with zero attached hydrogens (tertiary/aromatic N) is 4. The van der Waals surface area contributed by atoms with Crippen LogP contribution in [0.2, 0.25) is 0 Å². The summed E-state index contributed by atoms with van der Waals surface area (Å²) >= 11 is 0. The Labute approximate surface area is 145 Å². The number of nitrogens with one attached hydrogen (secondary N) is 1. The summed E-state index contributed by atoms with van der Waals surface area (Å²) in [6.45, 7) is 2.60. The molecule has 0 aliphatic rings. The summed E-state index contributed by atoms with van der Waals surface area (Å²) in [4.78, 5) is 33.7. The highest BCUT2D eigenvalue weighted by Gasteiger charge is 2.19. The van der Waals surface area contributed by atoms with Crippen LogP contribution in [0.25, 0.3) is 33.3 Å². The van der Waals surface area contributed by atoms with E-state index < -0.39 is 22.0 Å². The highest BCUT2D eigenvalue weighted by atomic mass is 19.1. The van der Waals surface area contributed by atoms with Crippen LogP contribution in [-0.2, 0) is 6.54 Å². The van der Waals surface area contributed by atoms with E-state index in [1.165, 1.54) is 0 Å². The van der Waals surface area contributed by atoms with Crippen LogP contribution in [0.3, 0.4) is 0 Å². The number of H-pyrrole nitrogens is 1. The summed E-state index contributed by atoms with van der Waals surface area (Å²) in [6.07, 6.45) is 3.42. The quantitative estimate of drug-likeness (QED) is 0.450. The number of rotatable bonds is 3. The smallest absolute Gasteiger partial charge is 0.307 e. The SMILES string of the molecule is CCn1cc(-c2nc3cc(F)c([N+](=O)[O-])cc3[nH]c2=O)c2cccnc21. The van der Waals surface area contributed by atoms with Crippen LogP contribution in [0.1, 0.15) is 6.92 Å². The molecule has 4 aromatic rings. The topological polar surface area (TPSA) is 107 Å². The molecule has 130 valence electrons. The Bertz CT molecular complexity index is 1240. The van der Waals surface area contributed by atoms with Crippen molar-refractivity contribution in [1.29, 1.82) is 0 Å². The maximum atomic E-state index is 13.9. The standard InChI is InChI=1S/C17H12FN5O3/c1-2-22-8-10(9-4-3-5-19-16(9)22)15-17(24)21-13-7-14(23(25)26)11(18)6-12(13)20-15/h3-8H,2H2,1H3,(H,21,24). The van der Waals surface area contributed by atoms with Gasteiger partial charge in [-0.1, -0.05) is 0 Å². The van der Waals surface area contributed by atoms with Gasteiger partial charge in [0.1, 0.15) is 11.3 Å². The van der Waals surface area contributed by atoms with Gasteiger partial charge >= 0.3 is 5.69 Å². The van der Waals surface area contributed by atoms with Crippen molar-refractivity contribution >= 4 is 27.8 Å². The second kappa shape index (κ2) is 5.73. The monoisotopic (exact) mass is 353 g/mol. The lowest BCUT2D eigenvalue weighted by Crippen LogP contribution is -2.12. The number of aryl methyl sites for hydroxylation is 1. The van der Waals surface area contributed by atoms with E-state index in [1.54, 1.807) is 18.5 Å². The molecular formula is C17H12FN5O3. The molecule has 0 aliphatic carbocycles. The van der Waals surface area contributed by atoms with E-state index in [2.05, 4.69) is 15.0 Å². The summed E-state index contributed by atoms with van der Waals surface area (Å²) < 4.78 is 15.8. The zero-order valence-electron chi connectivity index (χ0n) is 13.6. The molecule has 1 aromatic carbocycles. The van der Waals surface area contributed by atoms with Crippen LogP contribution in [0.15, 0.2) is 41.5 Å². The van der Waals surface area contributed by atoms with Gasteiger partial charge in [0.05, 0.1) is 16.0 Å². The van der Waals surface area contributed by atoms with E-state index >= 15 is 0 Å². The zero-order chi connectivity index (χ0) is 18.4. The summed E-state index contributed by atoms with van der Waals surface area (Å²) in [7, 11) is 0. The van der Waals surface area contributed by atoms with Gasteiger partial charge in [-0.05, 0) is 19.1 Å². The first kappa shape index (κ1) is 15.9. The van der Waals surface area contributed by atoms with E-state index in [9.17, 15) is 19.3 Å². The van der Waals surface area contributed by atoms with Crippen LogP contribution in [-0.4, -0.2) is 24.4 Å². The molecule has 0 amide bonds. The van der Waals surface area contributed by atoms with Gasteiger partial charge in [0.15, 0.2) is 0 Å². The normalized spacial score (nSPS) is 11.3. The van der Waals surface area contributed by atoms with Crippen molar-refractivity contribution in [2.24, 2.45) is 0 Å². The first-order valence-corrected chi connectivity index (χ1v) is 7.81. The van der Waals surface area contributed by atoms with Crippen molar-refractivity contribution in [3.63, 3.8) is 0 Å². The first-order chi connectivity index (χ1) is 12.5. The molecule has 0 fully saturated rings. The van der Waals surface area contributed by atoms with Gasteiger partial charge in [0.2, 0.25) is 5.82 Å². The third kappa shape index (κ3) is 2.32. The number of pyridine rings is 1. The number of aromatic amines is 1. The average Bonchev–Trinajstić information content (AvgIpc) is 2.99. The number of fused-ring (bicyclic) bond motifs is 2. The van der Waals surface area contributed by atoms with E-state index in [4.69, 9.17) is 0 Å². The van der Waals surface area contributed by atoms with E-state index in [0.29, 0.717) is 17.8 Å². The second-order valence-electron chi connectivity index (χ2n) is 5.70. The van der Waals surface area contributed by atoms with Crippen molar-refractivity contribution in [3.8, 4) is 11.3 Å². The molecule has 0 saturated heterocycles. The molecule has 4 rings (SSSR count). The fourth-order valence-corrected chi connectivity index (χ4v) is 2.97. The van der Waals surface area contributed by atoms with Gasteiger partial charge in [-0.15, -0.1) is 0 Å². The van der Waals surface area contributed by atoms with E-state index in [1.807, 2.05) is 17.6 Å². The number of hydrogen-bond acceptors (Lipinski definition) is 5. The van der Waals surface area contributed by atoms with Gasteiger partial charge in [0, 0.05) is 42.0 Å². The Hall–Kier alpha value is -3.62. The van der Waals surface area contributed by atoms with Crippen LogP contribution in [0.5, 0.6) is 0 Å². The molecule has 0 spiro atoms. The number of nitro benzene ring substituents is 1. The number of hydrogen-bond donors (Lipinski definition) is 1. The fourth-order valence-electron chi connectivity index (χ4n) is 2.97. The molecular weight excluding hydrogens is 341 g/mol. The van der Waals surface area contributed by atoms with Crippen molar-refractivity contribution in [2.45, 2.75) is 13.5 Å². The minimum absolute atomic E-state index is 0.101. The first-order valence-electron chi connectivity index (χ1n) is 7.81. The Morgan fingerprint density at radius 1 is 1.38 bits per heavy atom. The van der Waals surface area contributed by atoms with Crippen LogP contribution in [0.4, 0.5) is 10.1 Å². The highest BCUT2D eigenvalue weighted by Crippen LogP contribution is 2.28. The molecule has 0 unspecified atom stereocenters. The molecule has 0 radical (unpaired) electrons. The third-order valence-electron chi connectivity index (χ3n) is 4.19. The second-order valence-corrected chi connectivity index (χ2v) is 5.70. The average molecular weight is 353 g/mol. The van der Waals surface area contributed by atoms with Crippen LogP contribution in [0, 0.1) is 15.9 Å². The molecule has 0 atom stereocenters. The van der Waals surface area contributed by atoms with Gasteiger partial charge in [-0.2, -0.15) is 4.39 Å². The molecule has 9 heteroatoms. The summed E-state index contributed by atoms with van der Waals surface area (Å²) in [5.41, 5.74) is 0.383. The maximum Gasteiger partial charge on any atom is 0.307 e. The van der Waals surface area contributed by atoms with Crippen LogP contribution >= 0.6 is 0 Å². The van der Waals surface area contributed by atoms with E-state index in [-0.39, 0.29) is 16.7 Å².